The molecule has 0 saturated heterocycles. The first-order valence-electron chi connectivity index (χ1n) is 5.57. The lowest BCUT2D eigenvalue weighted by molar-refractivity contribution is 0.582. The molecule has 0 spiro atoms. The van der Waals surface area contributed by atoms with Gasteiger partial charge in [-0.15, -0.1) is 11.3 Å². The Labute approximate surface area is 143 Å². The quantitative estimate of drug-likeness (QED) is 0.718. The summed E-state index contributed by atoms with van der Waals surface area (Å²) < 4.78 is 28.6. The van der Waals surface area contributed by atoms with Gasteiger partial charge in [-0.05, 0) is 52.7 Å². The van der Waals surface area contributed by atoms with Gasteiger partial charge in [0.15, 0.2) is 0 Å². The molecule has 2 aromatic rings. The third-order valence-electron chi connectivity index (χ3n) is 2.48. The molecular weight excluding hydrogens is 450 g/mol. The van der Waals surface area contributed by atoms with Gasteiger partial charge >= 0.3 is 0 Å². The van der Waals surface area contributed by atoms with Crippen LogP contribution >= 0.6 is 54.8 Å². The van der Waals surface area contributed by atoms with Gasteiger partial charge in [0.25, 0.3) is 0 Å². The molecule has 1 aromatic heterocycles. The van der Waals surface area contributed by atoms with E-state index in [1.165, 1.54) is 6.07 Å². The summed E-state index contributed by atoms with van der Waals surface area (Å²) in [5, 5.41) is 0.200. The van der Waals surface area contributed by atoms with Crippen molar-refractivity contribution in [2.45, 2.75) is 11.3 Å². The normalized spacial score (nSPS) is 11.8. The molecule has 0 atom stereocenters. The minimum absolute atomic E-state index is 0.0923. The average molecular weight is 460 g/mol. The zero-order chi connectivity index (χ0) is 14.8. The second-order valence-corrected chi connectivity index (χ2v) is 9.53. The van der Waals surface area contributed by atoms with E-state index in [9.17, 15) is 8.42 Å². The average Bonchev–Trinajstić information content (AvgIpc) is 2.74. The minimum atomic E-state index is -3.58. The highest BCUT2D eigenvalue weighted by Crippen LogP contribution is 2.25. The molecule has 0 saturated carbocycles. The van der Waals surface area contributed by atoms with Crippen LogP contribution in [0.1, 0.15) is 4.88 Å². The molecule has 0 unspecified atom stereocenters. The van der Waals surface area contributed by atoms with Crippen molar-refractivity contribution >= 4 is 64.8 Å². The Kier molecular flexibility index (Phi) is 5.67. The molecule has 108 valence electrons. The van der Waals surface area contributed by atoms with Crippen LogP contribution in [0.3, 0.4) is 0 Å². The predicted octanol–water partition coefficient (Wildman–Crippen LogP) is 4.45. The van der Waals surface area contributed by atoms with Crippen LogP contribution in [-0.4, -0.2) is 15.0 Å². The van der Waals surface area contributed by atoms with Crippen LogP contribution in [0.5, 0.6) is 0 Å². The van der Waals surface area contributed by atoms with Crippen LogP contribution in [0.2, 0.25) is 5.02 Å². The van der Waals surface area contributed by atoms with Crippen LogP contribution in [0.25, 0.3) is 0 Å². The first kappa shape index (κ1) is 16.5. The Morgan fingerprint density at radius 2 is 1.95 bits per heavy atom. The van der Waals surface area contributed by atoms with E-state index < -0.39 is 10.0 Å². The fraction of sp³-hybridized carbons (Fsp3) is 0.167. The number of rotatable bonds is 5. The Morgan fingerprint density at radius 1 is 1.20 bits per heavy atom. The van der Waals surface area contributed by atoms with Gasteiger partial charge < -0.3 is 0 Å². The highest BCUT2D eigenvalue weighted by Gasteiger charge is 2.17. The van der Waals surface area contributed by atoms with Gasteiger partial charge in [-0.2, -0.15) is 0 Å². The standard InChI is InChI=1S/C12H10Br2ClNO2S2/c13-8-1-3-11(10(15)7-8)20(17,18)16-6-5-9-2-4-12(14)19-9/h1-4,7,16H,5-6H2. The summed E-state index contributed by atoms with van der Waals surface area (Å²) in [7, 11) is -3.58. The van der Waals surface area contributed by atoms with Crippen molar-refractivity contribution in [1.82, 2.24) is 4.72 Å². The molecule has 1 N–H and O–H groups in total. The molecule has 0 aliphatic carbocycles. The molecule has 0 aliphatic heterocycles. The van der Waals surface area contributed by atoms with E-state index in [2.05, 4.69) is 36.6 Å². The SMILES string of the molecule is O=S(=O)(NCCc1ccc(Br)s1)c1ccc(Br)cc1Cl. The zero-order valence-electron chi connectivity index (χ0n) is 10.1. The fourth-order valence-corrected chi connectivity index (χ4v) is 5.12. The Balaban J connectivity index is 2.04. The lowest BCUT2D eigenvalue weighted by atomic mass is 10.3. The van der Waals surface area contributed by atoms with E-state index in [4.69, 9.17) is 11.6 Å². The van der Waals surface area contributed by atoms with Crippen LogP contribution < -0.4 is 4.72 Å². The van der Waals surface area contributed by atoms with Crippen LogP contribution in [0, 0.1) is 0 Å². The van der Waals surface area contributed by atoms with Crippen LogP contribution in [0.4, 0.5) is 0 Å². The highest BCUT2D eigenvalue weighted by molar-refractivity contribution is 9.11. The van der Waals surface area contributed by atoms with E-state index >= 15 is 0 Å². The lowest BCUT2D eigenvalue weighted by Crippen LogP contribution is -2.26. The van der Waals surface area contributed by atoms with Gasteiger partial charge in [0, 0.05) is 15.9 Å². The number of nitrogens with one attached hydrogen (secondary N) is 1. The van der Waals surface area contributed by atoms with E-state index in [0.717, 1.165) is 13.1 Å². The van der Waals surface area contributed by atoms with Crippen molar-refractivity contribution in [3.63, 3.8) is 0 Å². The Hall–Kier alpha value is 0.0800. The highest BCUT2D eigenvalue weighted by atomic mass is 79.9. The van der Waals surface area contributed by atoms with E-state index in [-0.39, 0.29) is 9.92 Å². The third-order valence-corrected chi connectivity index (χ3v) is 6.60. The molecule has 3 nitrogen and oxygen atoms in total. The summed E-state index contributed by atoms with van der Waals surface area (Å²) in [6.07, 6.45) is 0.643. The van der Waals surface area contributed by atoms with Gasteiger partial charge in [0.05, 0.1) is 8.81 Å². The molecule has 8 heteroatoms. The van der Waals surface area contributed by atoms with Gasteiger partial charge in [0.2, 0.25) is 10.0 Å². The van der Waals surface area contributed by atoms with Crippen molar-refractivity contribution in [2.75, 3.05) is 6.54 Å². The van der Waals surface area contributed by atoms with Crippen molar-refractivity contribution in [2.24, 2.45) is 0 Å². The zero-order valence-corrected chi connectivity index (χ0v) is 15.6. The smallest absolute Gasteiger partial charge is 0.211 e. The van der Waals surface area contributed by atoms with Gasteiger partial charge in [-0.25, -0.2) is 13.1 Å². The molecule has 0 radical (unpaired) electrons. The molecule has 20 heavy (non-hydrogen) atoms. The number of thiophene rings is 1. The summed E-state index contributed by atoms with van der Waals surface area (Å²) in [6.45, 7) is 0.335. The number of halogens is 3. The van der Waals surface area contributed by atoms with Crippen LogP contribution in [-0.2, 0) is 16.4 Å². The molecular formula is C12H10Br2ClNO2S2. The molecule has 0 amide bonds. The fourth-order valence-electron chi connectivity index (χ4n) is 1.57. The van der Waals surface area contributed by atoms with Gasteiger partial charge in [0.1, 0.15) is 4.90 Å². The molecule has 2 rings (SSSR count). The first-order chi connectivity index (χ1) is 9.38. The van der Waals surface area contributed by atoms with E-state index in [1.807, 2.05) is 12.1 Å². The maximum absolute atomic E-state index is 12.1. The molecule has 0 aliphatic rings. The molecule has 1 aromatic carbocycles. The van der Waals surface area contributed by atoms with Crippen LogP contribution in [0.15, 0.2) is 43.5 Å². The second-order valence-electron chi connectivity index (χ2n) is 3.93. The maximum atomic E-state index is 12.1. The summed E-state index contributed by atoms with van der Waals surface area (Å²) in [6, 6.07) is 8.61. The van der Waals surface area contributed by atoms with Crippen molar-refractivity contribution in [1.29, 1.82) is 0 Å². The van der Waals surface area contributed by atoms with Crippen molar-refractivity contribution < 1.29 is 8.42 Å². The topological polar surface area (TPSA) is 46.2 Å². The molecule has 0 fully saturated rings. The largest absolute Gasteiger partial charge is 0.242 e. The second kappa shape index (κ2) is 6.89. The lowest BCUT2D eigenvalue weighted by Gasteiger charge is -2.08. The van der Waals surface area contributed by atoms with Crippen molar-refractivity contribution in [3.8, 4) is 0 Å². The van der Waals surface area contributed by atoms with E-state index in [1.54, 1.807) is 23.5 Å². The predicted molar refractivity (Wildman–Crippen MR) is 90.1 cm³/mol. The summed E-state index contributed by atoms with van der Waals surface area (Å²) in [4.78, 5) is 1.20. The maximum Gasteiger partial charge on any atom is 0.242 e. The van der Waals surface area contributed by atoms with E-state index in [0.29, 0.717) is 13.0 Å². The number of hydrogen-bond donors (Lipinski definition) is 1. The summed E-state index contributed by atoms with van der Waals surface area (Å²) in [5.41, 5.74) is 0. The minimum Gasteiger partial charge on any atom is -0.211 e. The first-order valence-corrected chi connectivity index (χ1v) is 9.84. The number of sulfonamides is 1. The summed E-state index contributed by atoms with van der Waals surface area (Å²) >= 11 is 14.2. The van der Waals surface area contributed by atoms with Crippen molar-refractivity contribution in [3.05, 3.63) is 48.5 Å². The molecule has 0 bridgehead atoms. The van der Waals surface area contributed by atoms with Gasteiger partial charge in [-0.1, -0.05) is 27.5 Å². The monoisotopic (exact) mass is 457 g/mol. The Bertz CT molecular complexity index is 716. The van der Waals surface area contributed by atoms with Gasteiger partial charge in [-0.3, -0.25) is 0 Å². The number of benzene rings is 1. The Morgan fingerprint density at radius 3 is 2.55 bits per heavy atom. The molecule has 1 heterocycles. The summed E-state index contributed by atoms with van der Waals surface area (Å²) in [5.74, 6) is 0. The third kappa shape index (κ3) is 4.29. The number of hydrogen-bond acceptors (Lipinski definition) is 3.